The van der Waals surface area contributed by atoms with Gasteiger partial charge in [0.2, 0.25) is 0 Å². The van der Waals surface area contributed by atoms with Gasteiger partial charge in [0.15, 0.2) is 0 Å². The number of nitrogens with zero attached hydrogens (tertiary/aromatic N) is 1. The Kier molecular flexibility index (Phi) is 3.64. The average Bonchev–Trinajstić information content (AvgIpc) is 3.25. The van der Waals surface area contributed by atoms with Crippen molar-refractivity contribution >= 4 is 0 Å². The molecule has 104 valence electrons. The van der Waals surface area contributed by atoms with Gasteiger partial charge in [0.25, 0.3) is 0 Å². The Hall–Kier alpha value is -0.860. The van der Waals surface area contributed by atoms with Crippen molar-refractivity contribution in [3.8, 4) is 0 Å². The minimum Gasteiger partial charge on any atom is -0.330 e. The van der Waals surface area contributed by atoms with Crippen molar-refractivity contribution in [1.29, 1.82) is 0 Å². The van der Waals surface area contributed by atoms with Crippen molar-refractivity contribution in [1.82, 2.24) is 4.90 Å². The van der Waals surface area contributed by atoms with Crippen molar-refractivity contribution in [3.63, 3.8) is 0 Å². The summed E-state index contributed by atoms with van der Waals surface area (Å²) in [6, 6.07) is 8.16. The molecule has 1 aliphatic heterocycles. The maximum Gasteiger partial charge on any atom is 0.0393 e. The van der Waals surface area contributed by atoms with Crippen LogP contribution in [-0.2, 0) is 0 Å². The fourth-order valence-corrected chi connectivity index (χ4v) is 3.69. The van der Waals surface area contributed by atoms with Crippen LogP contribution in [0, 0.1) is 19.8 Å². The zero-order valence-corrected chi connectivity index (χ0v) is 12.2. The summed E-state index contributed by atoms with van der Waals surface area (Å²) in [6.45, 7) is 6.58. The van der Waals surface area contributed by atoms with E-state index < -0.39 is 0 Å². The molecule has 0 aromatic heterocycles. The van der Waals surface area contributed by atoms with Crippen LogP contribution in [0.1, 0.15) is 48.4 Å². The first kappa shape index (κ1) is 13.1. The van der Waals surface area contributed by atoms with Gasteiger partial charge in [-0.2, -0.15) is 0 Å². The van der Waals surface area contributed by atoms with Crippen molar-refractivity contribution in [2.45, 2.75) is 51.6 Å². The monoisotopic (exact) mass is 258 g/mol. The number of likely N-dealkylation sites (tertiary alicyclic amines) is 1. The van der Waals surface area contributed by atoms with Crippen LogP contribution in [0.15, 0.2) is 18.2 Å². The topological polar surface area (TPSA) is 29.3 Å². The van der Waals surface area contributed by atoms with Gasteiger partial charge in [-0.25, -0.2) is 0 Å². The van der Waals surface area contributed by atoms with Gasteiger partial charge < -0.3 is 5.73 Å². The molecule has 2 aliphatic rings. The van der Waals surface area contributed by atoms with Gasteiger partial charge in [0.05, 0.1) is 0 Å². The lowest BCUT2D eigenvalue weighted by Gasteiger charge is -2.42. The van der Waals surface area contributed by atoms with Crippen LogP contribution in [-0.4, -0.2) is 24.0 Å². The van der Waals surface area contributed by atoms with Gasteiger partial charge in [-0.3, -0.25) is 4.90 Å². The molecule has 3 rings (SSSR count). The molecular formula is C17H26N2. The fraction of sp³-hybridized carbons (Fsp3) is 0.647. The van der Waals surface area contributed by atoms with Gasteiger partial charge in [0.1, 0.15) is 0 Å². The molecule has 1 saturated heterocycles. The predicted octanol–water partition coefficient (Wildman–Crippen LogP) is 3.18. The normalized spacial score (nSPS) is 28.6. The number of benzene rings is 1. The Morgan fingerprint density at radius 3 is 2.68 bits per heavy atom. The van der Waals surface area contributed by atoms with E-state index in [2.05, 4.69) is 36.9 Å². The number of piperidine rings is 1. The molecule has 2 unspecified atom stereocenters. The summed E-state index contributed by atoms with van der Waals surface area (Å²) in [7, 11) is 0. The first-order chi connectivity index (χ1) is 9.22. The molecule has 1 heterocycles. The zero-order valence-electron chi connectivity index (χ0n) is 12.2. The second-order valence-electron chi connectivity index (χ2n) is 6.34. The summed E-state index contributed by atoms with van der Waals surface area (Å²) in [5, 5.41) is 0. The van der Waals surface area contributed by atoms with Crippen LogP contribution in [0.3, 0.4) is 0 Å². The highest BCUT2D eigenvalue weighted by molar-refractivity contribution is 5.36. The summed E-state index contributed by atoms with van der Waals surface area (Å²) in [6.07, 6.45) is 5.38. The molecule has 2 N–H and O–H groups in total. The summed E-state index contributed by atoms with van der Waals surface area (Å²) >= 11 is 0. The lowest BCUT2D eigenvalue weighted by Crippen LogP contribution is -2.43. The Bertz CT molecular complexity index is 451. The zero-order chi connectivity index (χ0) is 13.4. The van der Waals surface area contributed by atoms with E-state index in [-0.39, 0.29) is 0 Å². The number of aryl methyl sites for hydroxylation is 1. The molecule has 1 aliphatic carbocycles. The Morgan fingerprint density at radius 1 is 1.21 bits per heavy atom. The molecular weight excluding hydrogens is 232 g/mol. The number of rotatable bonds is 3. The predicted molar refractivity (Wildman–Crippen MR) is 80.2 cm³/mol. The molecule has 2 nitrogen and oxygen atoms in total. The first-order valence-electron chi connectivity index (χ1n) is 7.74. The maximum atomic E-state index is 6.08. The van der Waals surface area contributed by atoms with Crippen LogP contribution in [0.25, 0.3) is 0 Å². The highest BCUT2D eigenvalue weighted by Gasteiger charge is 2.40. The van der Waals surface area contributed by atoms with Gasteiger partial charge in [-0.15, -0.1) is 0 Å². The van der Waals surface area contributed by atoms with E-state index in [1.807, 2.05) is 0 Å². The van der Waals surface area contributed by atoms with Crippen LogP contribution in [0.2, 0.25) is 0 Å². The molecule has 1 aromatic carbocycles. The lowest BCUT2D eigenvalue weighted by molar-refractivity contribution is 0.0875. The van der Waals surface area contributed by atoms with Gasteiger partial charge in [-0.1, -0.05) is 18.2 Å². The first-order valence-corrected chi connectivity index (χ1v) is 7.74. The molecule has 2 heteroatoms. The minimum absolute atomic E-state index is 0.561. The van der Waals surface area contributed by atoms with Crippen molar-refractivity contribution in [2.24, 2.45) is 11.7 Å². The highest BCUT2D eigenvalue weighted by atomic mass is 15.2. The molecule has 2 atom stereocenters. The molecule has 1 aromatic rings. The van der Waals surface area contributed by atoms with E-state index >= 15 is 0 Å². The Labute approximate surface area is 117 Å². The van der Waals surface area contributed by atoms with Crippen molar-refractivity contribution in [2.75, 3.05) is 13.1 Å². The van der Waals surface area contributed by atoms with Crippen molar-refractivity contribution < 1.29 is 0 Å². The third kappa shape index (κ3) is 2.44. The smallest absolute Gasteiger partial charge is 0.0393 e. The van der Waals surface area contributed by atoms with Gasteiger partial charge in [0, 0.05) is 12.1 Å². The summed E-state index contributed by atoms with van der Waals surface area (Å²) in [5.41, 5.74) is 10.5. The second-order valence-corrected chi connectivity index (χ2v) is 6.34. The van der Waals surface area contributed by atoms with E-state index in [0.717, 1.165) is 12.6 Å². The van der Waals surface area contributed by atoms with E-state index in [4.69, 9.17) is 5.73 Å². The largest absolute Gasteiger partial charge is 0.330 e. The SMILES string of the molecule is Cc1cccc(C2C(CN)CCCN2C2CC2)c1C. The summed E-state index contributed by atoms with van der Waals surface area (Å²) in [4.78, 5) is 2.75. The Balaban J connectivity index is 1.98. The number of nitrogens with two attached hydrogens (primary N) is 1. The fourth-order valence-electron chi connectivity index (χ4n) is 3.69. The van der Waals surface area contributed by atoms with E-state index in [1.54, 1.807) is 0 Å². The molecule has 0 amide bonds. The van der Waals surface area contributed by atoms with Crippen LogP contribution < -0.4 is 5.73 Å². The van der Waals surface area contributed by atoms with E-state index in [1.165, 1.54) is 48.9 Å². The van der Waals surface area contributed by atoms with Crippen LogP contribution in [0.4, 0.5) is 0 Å². The second kappa shape index (κ2) is 5.26. The molecule has 0 spiro atoms. The molecule has 1 saturated carbocycles. The lowest BCUT2D eigenvalue weighted by atomic mass is 9.82. The quantitative estimate of drug-likeness (QED) is 0.902. The van der Waals surface area contributed by atoms with Gasteiger partial charge in [-0.05, 0) is 75.2 Å². The summed E-state index contributed by atoms with van der Waals surface area (Å²) < 4.78 is 0. The Morgan fingerprint density at radius 2 is 2.00 bits per heavy atom. The van der Waals surface area contributed by atoms with E-state index in [0.29, 0.717) is 12.0 Å². The minimum atomic E-state index is 0.561. The van der Waals surface area contributed by atoms with Crippen LogP contribution in [0.5, 0.6) is 0 Å². The molecule has 0 bridgehead atoms. The number of hydrogen-bond donors (Lipinski definition) is 1. The van der Waals surface area contributed by atoms with Gasteiger partial charge >= 0.3 is 0 Å². The summed E-state index contributed by atoms with van der Waals surface area (Å²) in [5.74, 6) is 0.634. The highest BCUT2D eigenvalue weighted by Crippen LogP contribution is 2.43. The average molecular weight is 258 g/mol. The standard InChI is InChI=1S/C17H26N2/c1-12-5-3-7-16(13(12)2)17-14(11-18)6-4-10-19(17)15-8-9-15/h3,5,7,14-15,17H,4,6,8-11,18H2,1-2H3. The van der Waals surface area contributed by atoms with E-state index in [9.17, 15) is 0 Å². The molecule has 19 heavy (non-hydrogen) atoms. The third-order valence-corrected chi connectivity index (χ3v) is 5.08. The number of hydrogen-bond acceptors (Lipinski definition) is 2. The van der Waals surface area contributed by atoms with Crippen molar-refractivity contribution in [3.05, 3.63) is 34.9 Å². The molecule has 0 radical (unpaired) electrons. The maximum absolute atomic E-state index is 6.08. The van der Waals surface area contributed by atoms with Crippen LogP contribution >= 0.6 is 0 Å². The third-order valence-electron chi connectivity index (χ3n) is 5.08. The molecule has 2 fully saturated rings.